The zero-order valence-corrected chi connectivity index (χ0v) is 15.3. The molecule has 0 aliphatic rings. The van der Waals surface area contributed by atoms with Crippen LogP contribution in [0.2, 0.25) is 0 Å². The van der Waals surface area contributed by atoms with E-state index in [1.807, 2.05) is 48.5 Å². The number of aromatic amines is 1. The molecule has 1 heterocycles. The molecule has 4 rings (SSSR count). The number of imidazole rings is 1. The summed E-state index contributed by atoms with van der Waals surface area (Å²) in [5, 5.41) is 14.9. The lowest BCUT2D eigenvalue weighted by atomic mass is 10.2. The van der Waals surface area contributed by atoms with E-state index >= 15 is 0 Å². The van der Waals surface area contributed by atoms with Gasteiger partial charge in [0.25, 0.3) is 5.69 Å². The standard InChI is InChI=1S/C21H17N5O3/c27-26(28)17-10-8-15(9-11-17)14-29-18-5-3-4-16(12-18)13-22-25-21-23-19-6-1-2-7-20(19)24-21/h1-13H,14H2,(H2,23,24,25). The topological polar surface area (TPSA) is 105 Å². The van der Waals surface area contributed by atoms with Gasteiger partial charge in [-0.2, -0.15) is 5.10 Å². The van der Waals surface area contributed by atoms with Gasteiger partial charge < -0.3 is 9.72 Å². The second kappa shape index (κ2) is 8.22. The molecule has 4 aromatic rings. The van der Waals surface area contributed by atoms with Crippen molar-refractivity contribution in [3.63, 3.8) is 0 Å². The van der Waals surface area contributed by atoms with Gasteiger partial charge in [-0.15, -0.1) is 0 Å². The van der Waals surface area contributed by atoms with Crippen molar-refractivity contribution in [2.45, 2.75) is 6.61 Å². The molecule has 0 saturated carbocycles. The number of hydrogen-bond acceptors (Lipinski definition) is 6. The van der Waals surface area contributed by atoms with E-state index in [4.69, 9.17) is 4.74 Å². The number of H-pyrrole nitrogens is 1. The predicted molar refractivity (Wildman–Crippen MR) is 111 cm³/mol. The highest BCUT2D eigenvalue weighted by atomic mass is 16.6. The zero-order chi connectivity index (χ0) is 20.1. The summed E-state index contributed by atoms with van der Waals surface area (Å²) in [4.78, 5) is 17.8. The van der Waals surface area contributed by atoms with Crippen LogP contribution in [0.3, 0.4) is 0 Å². The fourth-order valence-corrected chi connectivity index (χ4v) is 2.74. The first-order valence-corrected chi connectivity index (χ1v) is 8.87. The van der Waals surface area contributed by atoms with Gasteiger partial charge in [0.2, 0.25) is 5.95 Å². The van der Waals surface area contributed by atoms with Crippen LogP contribution in [0.1, 0.15) is 11.1 Å². The molecule has 0 radical (unpaired) electrons. The summed E-state index contributed by atoms with van der Waals surface area (Å²) < 4.78 is 5.77. The average molecular weight is 387 g/mol. The van der Waals surface area contributed by atoms with E-state index in [9.17, 15) is 10.1 Å². The molecule has 1 aromatic heterocycles. The number of ether oxygens (including phenoxy) is 1. The number of nitrogens with one attached hydrogen (secondary N) is 2. The molecule has 0 bridgehead atoms. The Kier molecular flexibility index (Phi) is 5.15. The number of nitro benzene ring substituents is 1. The summed E-state index contributed by atoms with van der Waals surface area (Å²) in [7, 11) is 0. The number of hydrazone groups is 1. The van der Waals surface area contributed by atoms with Crippen LogP contribution in [0.5, 0.6) is 5.75 Å². The first-order chi connectivity index (χ1) is 14.2. The number of anilines is 1. The maximum Gasteiger partial charge on any atom is 0.269 e. The minimum absolute atomic E-state index is 0.0592. The molecule has 0 fully saturated rings. The van der Waals surface area contributed by atoms with Gasteiger partial charge in [-0.05, 0) is 47.5 Å². The first kappa shape index (κ1) is 18.2. The van der Waals surface area contributed by atoms with E-state index in [1.54, 1.807) is 18.3 Å². The lowest BCUT2D eigenvalue weighted by Gasteiger charge is -2.07. The summed E-state index contributed by atoms with van der Waals surface area (Å²) in [5.74, 6) is 1.24. The smallest absolute Gasteiger partial charge is 0.269 e. The lowest BCUT2D eigenvalue weighted by molar-refractivity contribution is -0.384. The molecule has 144 valence electrons. The van der Waals surface area contributed by atoms with Crippen LogP contribution in [0.25, 0.3) is 11.0 Å². The molecular formula is C21H17N5O3. The number of non-ortho nitro benzene ring substituents is 1. The lowest BCUT2D eigenvalue weighted by Crippen LogP contribution is -1.97. The summed E-state index contributed by atoms with van der Waals surface area (Å²) in [6, 6.07) is 21.5. The van der Waals surface area contributed by atoms with Crippen LogP contribution in [0.15, 0.2) is 77.9 Å². The Bertz CT molecular complexity index is 1140. The average Bonchev–Trinajstić information content (AvgIpc) is 3.16. The molecule has 3 aromatic carbocycles. The van der Waals surface area contributed by atoms with E-state index in [1.165, 1.54) is 12.1 Å². The van der Waals surface area contributed by atoms with Gasteiger partial charge in [0.1, 0.15) is 12.4 Å². The Morgan fingerprint density at radius 3 is 2.72 bits per heavy atom. The summed E-state index contributed by atoms with van der Waals surface area (Å²) in [6.07, 6.45) is 1.67. The molecule has 0 aliphatic heterocycles. The maximum absolute atomic E-state index is 10.7. The van der Waals surface area contributed by atoms with Crippen molar-refractivity contribution in [3.8, 4) is 5.75 Å². The van der Waals surface area contributed by atoms with Crippen molar-refractivity contribution in [2.75, 3.05) is 5.43 Å². The quantitative estimate of drug-likeness (QED) is 0.276. The Hall–Kier alpha value is -4.20. The molecule has 2 N–H and O–H groups in total. The number of fused-ring (bicyclic) bond motifs is 1. The van der Waals surface area contributed by atoms with Crippen molar-refractivity contribution < 1.29 is 9.66 Å². The molecule has 8 nitrogen and oxygen atoms in total. The molecule has 0 aliphatic carbocycles. The number of hydrogen-bond donors (Lipinski definition) is 2. The summed E-state index contributed by atoms with van der Waals surface area (Å²) >= 11 is 0. The van der Waals surface area contributed by atoms with Crippen LogP contribution in [0, 0.1) is 10.1 Å². The third-order valence-corrected chi connectivity index (χ3v) is 4.18. The number of nitrogens with zero attached hydrogens (tertiary/aromatic N) is 3. The minimum atomic E-state index is -0.424. The number of nitro groups is 1. The highest BCUT2D eigenvalue weighted by molar-refractivity contribution is 5.81. The number of aromatic nitrogens is 2. The van der Waals surface area contributed by atoms with Crippen molar-refractivity contribution in [3.05, 3.63) is 94.0 Å². The van der Waals surface area contributed by atoms with Crippen LogP contribution in [-0.4, -0.2) is 21.1 Å². The van der Waals surface area contributed by atoms with Crippen molar-refractivity contribution in [2.24, 2.45) is 5.10 Å². The second-order valence-corrected chi connectivity index (χ2v) is 6.26. The van der Waals surface area contributed by atoms with Gasteiger partial charge in [0, 0.05) is 12.1 Å². The Morgan fingerprint density at radius 2 is 1.93 bits per heavy atom. The van der Waals surface area contributed by atoms with Gasteiger partial charge in [0.05, 0.1) is 22.2 Å². The largest absolute Gasteiger partial charge is 0.489 e. The SMILES string of the molecule is O=[N+]([O-])c1ccc(COc2cccc(C=NNc3nc4ccccc4[nH]3)c2)cc1. The molecule has 0 saturated heterocycles. The fourth-order valence-electron chi connectivity index (χ4n) is 2.74. The van der Waals surface area contributed by atoms with Crippen LogP contribution in [-0.2, 0) is 6.61 Å². The minimum Gasteiger partial charge on any atom is -0.489 e. The third kappa shape index (κ3) is 4.56. The number of para-hydroxylation sites is 2. The van der Waals surface area contributed by atoms with Gasteiger partial charge >= 0.3 is 0 Å². The Labute approximate surface area is 166 Å². The highest BCUT2D eigenvalue weighted by Gasteiger charge is 2.04. The number of benzene rings is 3. The van der Waals surface area contributed by atoms with Gasteiger partial charge in [-0.1, -0.05) is 24.3 Å². The van der Waals surface area contributed by atoms with E-state index in [2.05, 4.69) is 20.5 Å². The van der Waals surface area contributed by atoms with Gasteiger partial charge in [-0.25, -0.2) is 10.4 Å². The normalized spacial score (nSPS) is 11.0. The van der Waals surface area contributed by atoms with Crippen LogP contribution in [0.4, 0.5) is 11.6 Å². The van der Waals surface area contributed by atoms with Crippen molar-refractivity contribution in [1.29, 1.82) is 0 Å². The molecule has 0 atom stereocenters. The monoisotopic (exact) mass is 387 g/mol. The van der Waals surface area contributed by atoms with E-state index < -0.39 is 4.92 Å². The third-order valence-electron chi connectivity index (χ3n) is 4.18. The summed E-state index contributed by atoms with van der Waals surface area (Å²) in [5.41, 5.74) is 6.45. The first-order valence-electron chi connectivity index (χ1n) is 8.87. The number of rotatable bonds is 7. The zero-order valence-electron chi connectivity index (χ0n) is 15.3. The molecular weight excluding hydrogens is 370 g/mol. The molecule has 0 amide bonds. The van der Waals surface area contributed by atoms with Crippen LogP contribution < -0.4 is 10.2 Å². The van der Waals surface area contributed by atoms with E-state index in [-0.39, 0.29) is 5.69 Å². The van der Waals surface area contributed by atoms with Crippen molar-refractivity contribution in [1.82, 2.24) is 9.97 Å². The second-order valence-electron chi connectivity index (χ2n) is 6.26. The highest BCUT2D eigenvalue weighted by Crippen LogP contribution is 2.17. The van der Waals surface area contributed by atoms with E-state index in [0.29, 0.717) is 18.3 Å². The van der Waals surface area contributed by atoms with Gasteiger partial charge in [-0.3, -0.25) is 10.1 Å². The molecule has 29 heavy (non-hydrogen) atoms. The van der Waals surface area contributed by atoms with Crippen LogP contribution >= 0.6 is 0 Å². The Morgan fingerprint density at radius 1 is 1.10 bits per heavy atom. The molecule has 8 heteroatoms. The Balaban J connectivity index is 1.36. The molecule has 0 spiro atoms. The van der Waals surface area contributed by atoms with Crippen molar-refractivity contribution >= 4 is 28.9 Å². The summed E-state index contributed by atoms with van der Waals surface area (Å²) in [6.45, 7) is 0.315. The maximum atomic E-state index is 10.7. The predicted octanol–water partition coefficient (Wildman–Crippen LogP) is 4.50. The fraction of sp³-hybridized carbons (Fsp3) is 0.0476. The van der Waals surface area contributed by atoms with E-state index in [0.717, 1.165) is 22.2 Å². The molecule has 0 unspecified atom stereocenters. The van der Waals surface area contributed by atoms with Gasteiger partial charge in [0.15, 0.2) is 0 Å².